The lowest BCUT2D eigenvalue weighted by Gasteiger charge is -2.32. The summed E-state index contributed by atoms with van der Waals surface area (Å²) in [5.74, 6) is 0.585. The van der Waals surface area contributed by atoms with Crippen LogP contribution in [0.1, 0.15) is 28.8 Å². The highest BCUT2D eigenvalue weighted by atomic mass is 35.5. The van der Waals surface area contributed by atoms with Crippen LogP contribution in [0.4, 0.5) is 0 Å². The van der Waals surface area contributed by atoms with Crippen LogP contribution >= 0.6 is 11.6 Å². The highest BCUT2D eigenvalue weighted by Crippen LogP contribution is 2.21. The molecule has 3 heterocycles. The van der Waals surface area contributed by atoms with Gasteiger partial charge in [0.15, 0.2) is 0 Å². The van der Waals surface area contributed by atoms with Gasteiger partial charge in [-0.3, -0.25) is 9.78 Å². The molecular formula is C17H18ClN3O2. The minimum atomic E-state index is -0.0516. The number of rotatable bonds is 3. The Morgan fingerprint density at radius 3 is 2.70 bits per heavy atom. The normalized spacial score (nSPS) is 15.5. The lowest BCUT2D eigenvalue weighted by molar-refractivity contribution is 0.0588. The van der Waals surface area contributed by atoms with E-state index in [2.05, 4.69) is 9.97 Å². The van der Waals surface area contributed by atoms with Gasteiger partial charge in [0.2, 0.25) is 5.88 Å². The highest BCUT2D eigenvalue weighted by molar-refractivity contribution is 6.33. The summed E-state index contributed by atoms with van der Waals surface area (Å²) < 4.78 is 5.88. The molecule has 2 aromatic rings. The largest absolute Gasteiger partial charge is 0.474 e. The topological polar surface area (TPSA) is 55.3 Å². The quantitative estimate of drug-likeness (QED) is 0.867. The summed E-state index contributed by atoms with van der Waals surface area (Å²) in [6, 6.07) is 5.51. The smallest absolute Gasteiger partial charge is 0.255 e. The SMILES string of the molecule is Cc1ccc(OC2CCN(C(=O)c3ccncc3Cl)CC2)nc1. The number of hydrogen-bond donors (Lipinski definition) is 0. The number of piperidine rings is 1. The van der Waals surface area contributed by atoms with Crippen molar-refractivity contribution in [2.24, 2.45) is 0 Å². The van der Waals surface area contributed by atoms with Crippen molar-refractivity contribution in [2.45, 2.75) is 25.9 Å². The second-order valence-electron chi connectivity index (χ2n) is 5.64. The zero-order valence-electron chi connectivity index (χ0n) is 12.9. The van der Waals surface area contributed by atoms with Crippen molar-refractivity contribution in [1.29, 1.82) is 0 Å². The van der Waals surface area contributed by atoms with Gasteiger partial charge >= 0.3 is 0 Å². The maximum Gasteiger partial charge on any atom is 0.255 e. The number of ether oxygens (including phenoxy) is 1. The van der Waals surface area contributed by atoms with Crippen molar-refractivity contribution in [3.05, 3.63) is 52.9 Å². The molecular weight excluding hydrogens is 314 g/mol. The van der Waals surface area contributed by atoms with Crippen LogP contribution in [-0.4, -0.2) is 40.0 Å². The minimum absolute atomic E-state index is 0.0516. The number of likely N-dealkylation sites (tertiary alicyclic amines) is 1. The van der Waals surface area contributed by atoms with Crippen LogP contribution in [0.3, 0.4) is 0 Å². The maximum absolute atomic E-state index is 12.5. The minimum Gasteiger partial charge on any atom is -0.474 e. The van der Waals surface area contributed by atoms with Gasteiger partial charge < -0.3 is 9.64 Å². The van der Waals surface area contributed by atoms with E-state index in [4.69, 9.17) is 16.3 Å². The summed E-state index contributed by atoms with van der Waals surface area (Å²) in [5.41, 5.74) is 1.60. The number of carbonyl (C=O) groups excluding carboxylic acids is 1. The molecule has 2 aromatic heterocycles. The van der Waals surface area contributed by atoms with E-state index in [1.54, 1.807) is 18.5 Å². The first-order valence-corrected chi connectivity index (χ1v) is 7.99. The molecule has 0 radical (unpaired) electrons. The van der Waals surface area contributed by atoms with Crippen LogP contribution in [0.25, 0.3) is 0 Å². The molecule has 0 spiro atoms. The zero-order valence-corrected chi connectivity index (χ0v) is 13.7. The third-order valence-electron chi connectivity index (χ3n) is 3.90. The average Bonchev–Trinajstić information content (AvgIpc) is 2.57. The van der Waals surface area contributed by atoms with E-state index in [9.17, 15) is 4.79 Å². The number of amides is 1. The van der Waals surface area contributed by atoms with E-state index in [-0.39, 0.29) is 12.0 Å². The maximum atomic E-state index is 12.5. The predicted molar refractivity (Wildman–Crippen MR) is 87.8 cm³/mol. The summed E-state index contributed by atoms with van der Waals surface area (Å²) in [6.45, 7) is 3.28. The monoisotopic (exact) mass is 331 g/mol. The van der Waals surface area contributed by atoms with Gasteiger partial charge in [0, 0.05) is 50.6 Å². The molecule has 0 N–H and O–H groups in total. The Balaban J connectivity index is 1.57. The van der Waals surface area contributed by atoms with Crippen LogP contribution < -0.4 is 4.74 Å². The van der Waals surface area contributed by atoms with Gasteiger partial charge in [0.05, 0.1) is 10.6 Å². The van der Waals surface area contributed by atoms with Crippen LogP contribution in [0.2, 0.25) is 5.02 Å². The Morgan fingerprint density at radius 2 is 2.04 bits per heavy atom. The van der Waals surface area contributed by atoms with Crippen molar-refractivity contribution >= 4 is 17.5 Å². The fraction of sp³-hybridized carbons (Fsp3) is 0.353. The second-order valence-corrected chi connectivity index (χ2v) is 6.05. The van der Waals surface area contributed by atoms with Crippen molar-refractivity contribution in [3.63, 3.8) is 0 Å². The molecule has 1 aliphatic heterocycles. The molecule has 0 aromatic carbocycles. The molecule has 0 bridgehead atoms. The number of pyridine rings is 2. The Bertz CT molecular complexity index is 682. The van der Waals surface area contributed by atoms with Gasteiger partial charge in [-0.1, -0.05) is 17.7 Å². The molecule has 1 amide bonds. The molecule has 120 valence electrons. The highest BCUT2D eigenvalue weighted by Gasteiger charge is 2.26. The number of halogens is 1. The Labute approximate surface area is 140 Å². The standard InChI is InChI=1S/C17H18ClN3O2/c1-12-2-3-16(20-10-12)23-13-5-8-21(9-6-13)17(22)14-4-7-19-11-15(14)18/h2-4,7,10-11,13H,5-6,8-9H2,1H3. The number of nitrogens with zero attached hydrogens (tertiary/aromatic N) is 3. The average molecular weight is 332 g/mol. The lowest BCUT2D eigenvalue weighted by atomic mass is 10.1. The molecule has 3 rings (SSSR count). The summed E-state index contributed by atoms with van der Waals surface area (Å²) in [7, 11) is 0. The van der Waals surface area contributed by atoms with Crippen LogP contribution in [0, 0.1) is 6.92 Å². The Hall–Kier alpha value is -2.14. The molecule has 1 saturated heterocycles. The summed E-state index contributed by atoms with van der Waals surface area (Å²) in [4.78, 5) is 22.5. The summed E-state index contributed by atoms with van der Waals surface area (Å²) in [5, 5.41) is 0.389. The first-order valence-electron chi connectivity index (χ1n) is 7.61. The number of aromatic nitrogens is 2. The molecule has 23 heavy (non-hydrogen) atoms. The van der Waals surface area contributed by atoms with Gasteiger partial charge in [0.25, 0.3) is 5.91 Å². The van der Waals surface area contributed by atoms with Crippen molar-refractivity contribution in [3.8, 4) is 5.88 Å². The molecule has 1 aliphatic rings. The first-order chi connectivity index (χ1) is 11.1. The molecule has 0 unspecified atom stereocenters. The van der Waals surface area contributed by atoms with E-state index in [0.717, 1.165) is 18.4 Å². The Kier molecular flexibility index (Phi) is 4.76. The van der Waals surface area contributed by atoms with Crippen LogP contribution in [-0.2, 0) is 0 Å². The third kappa shape index (κ3) is 3.79. The molecule has 1 fully saturated rings. The molecule has 0 atom stereocenters. The predicted octanol–water partition coefficient (Wildman–Crippen LogP) is 3.12. The molecule has 5 nitrogen and oxygen atoms in total. The number of hydrogen-bond acceptors (Lipinski definition) is 4. The van der Waals surface area contributed by atoms with Crippen LogP contribution in [0.5, 0.6) is 5.88 Å². The summed E-state index contributed by atoms with van der Waals surface area (Å²) in [6.07, 6.45) is 6.52. The fourth-order valence-electron chi connectivity index (χ4n) is 2.59. The van der Waals surface area contributed by atoms with E-state index in [1.165, 1.54) is 6.20 Å². The Morgan fingerprint density at radius 1 is 1.26 bits per heavy atom. The van der Waals surface area contributed by atoms with Crippen molar-refractivity contribution in [2.75, 3.05) is 13.1 Å². The number of carbonyl (C=O) groups is 1. The first kappa shape index (κ1) is 15.7. The van der Waals surface area contributed by atoms with E-state index < -0.39 is 0 Å². The van der Waals surface area contributed by atoms with Crippen molar-refractivity contribution in [1.82, 2.24) is 14.9 Å². The van der Waals surface area contributed by atoms with Gasteiger partial charge in [-0.05, 0) is 18.6 Å². The fourth-order valence-corrected chi connectivity index (χ4v) is 2.79. The van der Waals surface area contributed by atoms with Gasteiger partial charge in [-0.15, -0.1) is 0 Å². The van der Waals surface area contributed by atoms with E-state index >= 15 is 0 Å². The second kappa shape index (κ2) is 6.96. The third-order valence-corrected chi connectivity index (χ3v) is 4.20. The lowest BCUT2D eigenvalue weighted by Crippen LogP contribution is -2.42. The van der Waals surface area contributed by atoms with Crippen molar-refractivity contribution < 1.29 is 9.53 Å². The van der Waals surface area contributed by atoms with Gasteiger partial charge in [-0.25, -0.2) is 4.98 Å². The van der Waals surface area contributed by atoms with Crippen LogP contribution in [0.15, 0.2) is 36.8 Å². The summed E-state index contributed by atoms with van der Waals surface area (Å²) >= 11 is 6.04. The van der Waals surface area contributed by atoms with Gasteiger partial charge in [0.1, 0.15) is 6.10 Å². The van der Waals surface area contributed by atoms with E-state index in [0.29, 0.717) is 29.6 Å². The van der Waals surface area contributed by atoms with E-state index in [1.807, 2.05) is 24.0 Å². The molecule has 0 aliphatic carbocycles. The zero-order chi connectivity index (χ0) is 16.2. The van der Waals surface area contributed by atoms with Gasteiger partial charge in [-0.2, -0.15) is 0 Å². The molecule has 0 saturated carbocycles. The number of aryl methyl sites for hydroxylation is 1. The molecule has 6 heteroatoms.